The van der Waals surface area contributed by atoms with Gasteiger partial charge >= 0.3 is 11.9 Å². The maximum Gasteiger partial charge on any atom is 0.308 e. The Morgan fingerprint density at radius 3 is 1.42 bits per heavy atom. The smallest absolute Gasteiger partial charge is 0.308 e. The summed E-state index contributed by atoms with van der Waals surface area (Å²) in [5.74, 6) is -0.116. The van der Waals surface area contributed by atoms with Gasteiger partial charge in [0.15, 0.2) is 0 Å². The number of ether oxygens (including phenoxy) is 2. The molecule has 0 rings (SSSR count). The summed E-state index contributed by atoms with van der Waals surface area (Å²) in [6, 6.07) is 0. The summed E-state index contributed by atoms with van der Waals surface area (Å²) in [5.41, 5.74) is 0. The van der Waals surface area contributed by atoms with Crippen molar-refractivity contribution >= 4 is 11.9 Å². The molecule has 0 aliphatic rings. The van der Waals surface area contributed by atoms with Gasteiger partial charge in [-0.1, -0.05) is 41.5 Å². The van der Waals surface area contributed by atoms with E-state index in [2.05, 4.69) is 13.8 Å². The third kappa shape index (κ3) is 8.62. The molecule has 0 saturated heterocycles. The Morgan fingerprint density at radius 2 is 1.16 bits per heavy atom. The highest BCUT2D eigenvalue weighted by Gasteiger charge is 2.18. The summed E-state index contributed by atoms with van der Waals surface area (Å²) >= 11 is 0. The molecular formula is C15H28O4. The first-order valence-corrected chi connectivity index (χ1v) is 7.07. The summed E-state index contributed by atoms with van der Waals surface area (Å²) in [4.78, 5) is 22.9. The van der Waals surface area contributed by atoms with Crippen LogP contribution in [0.4, 0.5) is 0 Å². The Bertz CT molecular complexity index is 258. The van der Waals surface area contributed by atoms with Crippen LogP contribution in [0, 0.1) is 23.7 Å². The van der Waals surface area contributed by atoms with Gasteiger partial charge in [0.1, 0.15) is 0 Å². The van der Waals surface area contributed by atoms with Crippen molar-refractivity contribution in [1.82, 2.24) is 0 Å². The molecule has 0 atom stereocenters. The Hall–Kier alpha value is -1.06. The van der Waals surface area contributed by atoms with Gasteiger partial charge in [0.25, 0.3) is 0 Å². The lowest BCUT2D eigenvalue weighted by molar-refractivity contribution is -0.153. The van der Waals surface area contributed by atoms with E-state index in [9.17, 15) is 9.59 Å². The maximum atomic E-state index is 11.4. The van der Waals surface area contributed by atoms with Crippen molar-refractivity contribution in [1.29, 1.82) is 0 Å². The zero-order valence-electron chi connectivity index (χ0n) is 13.1. The topological polar surface area (TPSA) is 52.6 Å². The normalized spacial score (nSPS) is 11.5. The molecule has 112 valence electrons. The van der Waals surface area contributed by atoms with Crippen LogP contribution in [0.3, 0.4) is 0 Å². The SMILES string of the molecule is CC(C)CC(COC(=O)C(C)C)COC(=O)C(C)C. The highest BCUT2D eigenvalue weighted by atomic mass is 16.5. The first-order chi connectivity index (χ1) is 8.73. The van der Waals surface area contributed by atoms with Crippen LogP contribution in [0.5, 0.6) is 0 Å². The number of hydrogen-bond donors (Lipinski definition) is 0. The molecule has 0 amide bonds. The second-order valence-electron chi connectivity index (χ2n) is 6.07. The van der Waals surface area contributed by atoms with E-state index in [0.717, 1.165) is 6.42 Å². The van der Waals surface area contributed by atoms with Crippen LogP contribution in [0.1, 0.15) is 48.0 Å². The van der Waals surface area contributed by atoms with Crippen LogP contribution in [-0.4, -0.2) is 25.2 Å². The minimum Gasteiger partial charge on any atom is -0.465 e. The van der Waals surface area contributed by atoms with Crippen LogP contribution < -0.4 is 0 Å². The van der Waals surface area contributed by atoms with Gasteiger partial charge in [-0.05, 0) is 12.3 Å². The number of rotatable bonds is 8. The molecule has 0 radical (unpaired) electrons. The number of esters is 2. The van der Waals surface area contributed by atoms with Gasteiger partial charge in [-0.3, -0.25) is 9.59 Å². The second-order valence-corrected chi connectivity index (χ2v) is 6.07. The van der Waals surface area contributed by atoms with E-state index in [-0.39, 0.29) is 29.7 Å². The molecule has 0 spiro atoms. The lowest BCUT2D eigenvalue weighted by atomic mass is 9.98. The van der Waals surface area contributed by atoms with Gasteiger partial charge in [0, 0.05) is 5.92 Å². The molecule has 0 aromatic carbocycles. The number of carbonyl (C=O) groups is 2. The average molecular weight is 272 g/mol. The summed E-state index contributed by atoms with van der Waals surface area (Å²) in [6.45, 7) is 12.1. The fourth-order valence-electron chi connectivity index (χ4n) is 1.58. The first-order valence-electron chi connectivity index (χ1n) is 7.07. The fourth-order valence-corrected chi connectivity index (χ4v) is 1.58. The van der Waals surface area contributed by atoms with E-state index in [0.29, 0.717) is 19.1 Å². The van der Waals surface area contributed by atoms with Crippen LogP contribution >= 0.6 is 0 Å². The monoisotopic (exact) mass is 272 g/mol. The van der Waals surface area contributed by atoms with Crippen LogP contribution in [0.15, 0.2) is 0 Å². The third-order valence-electron chi connectivity index (χ3n) is 2.67. The van der Waals surface area contributed by atoms with E-state index in [4.69, 9.17) is 9.47 Å². The van der Waals surface area contributed by atoms with Gasteiger partial charge in [0.05, 0.1) is 25.0 Å². The molecular weight excluding hydrogens is 244 g/mol. The molecule has 0 N–H and O–H groups in total. The van der Waals surface area contributed by atoms with E-state index >= 15 is 0 Å². The Kier molecular flexibility index (Phi) is 8.44. The van der Waals surface area contributed by atoms with Gasteiger partial charge in [-0.15, -0.1) is 0 Å². The van der Waals surface area contributed by atoms with Gasteiger partial charge < -0.3 is 9.47 Å². The largest absolute Gasteiger partial charge is 0.465 e. The fraction of sp³-hybridized carbons (Fsp3) is 0.867. The summed E-state index contributed by atoms with van der Waals surface area (Å²) in [7, 11) is 0. The molecule has 4 heteroatoms. The minimum atomic E-state index is -0.205. The number of carbonyl (C=O) groups excluding carboxylic acids is 2. The van der Waals surface area contributed by atoms with Crippen molar-refractivity contribution in [2.45, 2.75) is 48.0 Å². The molecule has 0 aliphatic carbocycles. The van der Waals surface area contributed by atoms with Crippen molar-refractivity contribution in [3.8, 4) is 0 Å². The van der Waals surface area contributed by atoms with E-state index < -0.39 is 0 Å². The molecule has 0 fully saturated rings. The predicted octanol–water partition coefficient (Wildman–Crippen LogP) is 3.05. The highest BCUT2D eigenvalue weighted by molar-refractivity contribution is 5.72. The van der Waals surface area contributed by atoms with E-state index in [1.807, 2.05) is 0 Å². The third-order valence-corrected chi connectivity index (χ3v) is 2.67. The predicted molar refractivity (Wildman–Crippen MR) is 74.5 cm³/mol. The molecule has 0 saturated carbocycles. The summed E-state index contributed by atoms with van der Waals surface area (Å²) in [5, 5.41) is 0. The van der Waals surface area contributed by atoms with Crippen molar-refractivity contribution in [3.63, 3.8) is 0 Å². The average Bonchev–Trinajstić information content (AvgIpc) is 2.30. The molecule has 0 unspecified atom stereocenters. The molecule has 0 aromatic heterocycles. The molecule has 0 heterocycles. The van der Waals surface area contributed by atoms with Crippen LogP contribution in [0.25, 0.3) is 0 Å². The van der Waals surface area contributed by atoms with Gasteiger partial charge in [-0.25, -0.2) is 0 Å². The van der Waals surface area contributed by atoms with Crippen molar-refractivity contribution in [2.24, 2.45) is 23.7 Å². The quantitative estimate of drug-likeness (QED) is 0.637. The summed E-state index contributed by atoms with van der Waals surface area (Å²) < 4.78 is 10.5. The highest BCUT2D eigenvalue weighted by Crippen LogP contribution is 2.14. The lowest BCUT2D eigenvalue weighted by Crippen LogP contribution is -2.25. The van der Waals surface area contributed by atoms with E-state index in [1.165, 1.54) is 0 Å². The van der Waals surface area contributed by atoms with Crippen molar-refractivity contribution < 1.29 is 19.1 Å². The van der Waals surface area contributed by atoms with Gasteiger partial charge in [-0.2, -0.15) is 0 Å². The van der Waals surface area contributed by atoms with Crippen molar-refractivity contribution in [3.05, 3.63) is 0 Å². The molecule has 0 aliphatic heterocycles. The Morgan fingerprint density at radius 1 is 0.789 bits per heavy atom. The van der Waals surface area contributed by atoms with E-state index in [1.54, 1.807) is 27.7 Å². The molecule has 4 nitrogen and oxygen atoms in total. The molecule has 19 heavy (non-hydrogen) atoms. The molecule has 0 aromatic rings. The minimum absolute atomic E-state index is 0.0744. The summed E-state index contributed by atoms with van der Waals surface area (Å²) in [6.07, 6.45) is 0.872. The van der Waals surface area contributed by atoms with Crippen molar-refractivity contribution in [2.75, 3.05) is 13.2 Å². The van der Waals surface area contributed by atoms with Crippen LogP contribution in [0.2, 0.25) is 0 Å². The van der Waals surface area contributed by atoms with Crippen LogP contribution in [-0.2, 0) is 19.1 Å². The Labute approximate surface area is 116 Å². The lowest BCUT2D eigenvalue weighted by Gasteiger charge is -2.20. The second kappa shape index (κ2) is 8.94. The first kappa shape index (κ1) is 17.9. The molecule has 0 bridgehead atoms. The zero-order valence-corrected chi connectivity index (χ0v) is 13.1. The van der Waals surface area contributed by atoms with Gasteiger partial charge in [0.2, 0.25) is 0 Å². The standard InChI is InChI=1S/C15H28O4/c1-10(2)7-13(8-18-14(16)11(3)4)9-19-15(17)12(5)6/h10-13H,7-9H2,1-6H3. The maximum absolute atomic E-state index is 11.4. The Balaban J connectivity index is 4.23. The zero-order chi connectivity index (χ0) is 15.0. The number of hydrogen-bond acceptors (Lipinski definition) is 4.